The smallest absolute Gasteiger partial charge is 0.263 e. The van der Waals surface area contributed by atoms with Crippen LogP contribution in [0, 0.1) is 0 Å². The van der Waals surface area contributed by atoms with Gasteiger partial charge in [0.1, 0.15) is 5.75 Å². The number of carbonyl (C=O) groups is 1. The van der Waals surface area contributed by atoms with Crippen molar-refractivity contribution >= 4 is 17.5 Å². The number of halogens is 1. The van der Waals surface area contributed by atoms with Crippen molar-refractivity contribution in [2.45, 2.75) is 26.0 Å². The number of likely N-dealkylation sites (N-methyl/N-ethyl adjacent to an activating group) is 1. The van der Waals surface area contributed by atoms with E-state index in [0.29, 0.717) is 23.7 Å². The average molecular weight is 318 g/mol. The molecule has 0 heterocycles. The molecule has 0 unspecified atom stereocenters. The molecule has 0 saturated heterocycles. The number of nitrogens with zero attached hydrogens (tertiary/aromatic N) is 1. The van der Waals surface area contributed by atoms with Gasteiger partial charge in [0.15, 0.2) is 6.10 Å². The lowest BCUT2D eigenvalue weighted by atomic mass is 10.2. The first kappa shape index (κ1) is 16.4. The van der Waals surface area contributed by atoms with Gasteiger partial charge in [-0.2, -0.15) is 0 Å². The summed E-state index contributed by atoms with van der Waals surface area (Å²) in [6.07, 6.45) is 0.121. The molecule has 0 aromatic heterocycles. The van der Waals surface area contributed by atoms with E-state index < -0.39 is 6.10 Å². The largest absolute Gasteiger partial charge is 0.481 e. The van der Waals surface area contributed by atoms with Crippen LogP contribution in [0.1, 0.15) is 18.9 Å². The Balaban J connectivity index is 2.00. The number of amides is 1. The lowest BCUT2D eigenvalue weighted by molar-refractivity contribution is -0.138. The SMILES string of the molecule is CC[C@@H](Oc1ccc(Cl)cc1)C(=O)N(C)Cc1ccccc1. The van der Waals surface area contributed by atoms with Crippen molar-refractivity contribution in [2.24, 2.45) is 0 Å². The molecule has 116 valence electrons. The molecule has 0 radical (unpaired) electrons. The fraction of sp³-hybridized carbons (Fsp3) is 0.278. The molecule has 1 atom stereocenters. The molecule has 2 rings (SSSR count). The van der Waals surface area contributed by atoms with Crippen LogP contribution in [0.3, 0.4) is 0 Å². The van der Waals surface area contributed by atoms with Crippen LogP contribution in [-0.2, 0) is 11.3 Å². The third-order valence-electron chi connectivity index (χ3n) is 3.38. The molecule has 2 aromatic rings. The number of benzene rings is 2. The minimum Gasteiger partial charge on any atom is -0.481 e. The molecule has 0 aliphatic heterocycles. The molecule has 4 heteroatoms. The molecular formula is C18H20ClNO2. The quantitative estimate of drug-likeness (QED) is 0.800. The normalized spacial score (nSPS) is 11.8. The van der Waals surface area contributed by atoms with Gasteiger partial charge in [0.25, 0.3) is 5.91 Å². The fourth-order valence-corrected chi connectivity index (χ4v) is 2.29. The van der Waals surface area contributed by atoms with Crippen LogP contribution in [0.4, 0.5) is 0 Å². The van der Waals surface area contributed by atoms with Crippen molar-refractivity contribution < 1.29 is 9.53 Å². The summed E-state index contributed by atoms with van der Waals surface area (Å²) in [4.78, 5) is 14.2. The first-order chi connectivity index (χ1) is 10.6. The van der Waals surface area contributed by atoms with Gasteiger partial charge < -0.3 is 9.64 Å². The molecule has 22 heavy (non-hydrogen) atoms. The summed E-state index contributed by atoms with van der Waals surface area (Å²) < 4.78 is 5.79. The second-order valence-electron chi connectivity index (χ2n) is 5.15. The Morgan fingerprint density at radius 1 is 1.14 bits per heavy atom. The molecular weight excluding hydrogens is 298 g/mol. The van der Waals surface area contributed by atoms with Gasteiger partial charge >= 0.3 is 0 Å². The minimum atomic E-state index is -0.491. The van der Waals surface area contributed by atoms with Crippen LogP contribution in [-0.4, -0.2) is 24.0 Å². The Labute approximate surface area is 136 Å². The van der Waals surface area contributed by atoms with Gasteiger partial charge in [-0.25, -0.2) is 0 Å². The second-order valence-corrected chi connectivity index (χ2v) is 5.58. The predicted octanol–water partition coefficient (Wildman–Crippen LogP) is 4.16. The van der Waals surface area contributed by atoms with E-state index in [2.05, 4.69) is 0 Å². The van der Waals surface area contributed by atoms with Gasteiger partial charge in [0.2, 0.25) is 0 Å². The van der Waals surface area contributed by atoms with Crippen molar-refractivity contribution in [1.29, 1.82) is 0 Å². The predicted molar refractivity (Wildman–Crippen MR) is 89.1 cm³/mol. The zero-order chi connectivity index (χ0) is 15.9. The van der Waals surface area contributed by atoms with Crippen molar-refractivity contribution in [1.82, 2.24) is 4.90 Å². The van der Waals surface area contributed by atoms with E-state index >= 15 is 0 Å². The molecule has 0 spiro atoms. The van der Waals surface area contributed by atoms with Crippen LogP contribution >= 0.6 is 11.6 Å². The summed E-state index contributed by atoms with van der Waals surface area (Å²) in [5, 5.41) is 0.646. The minimum absolute atomic E-state index is 0.0266. The summed E-state index contributed by atoms with van der Waals surface area (Å²) >= 11 is 5.85. The number of ether oxygens (including phenoxy) is 1. The molecule has 0 bridgehead atoms. The standard InChI is InChI=1S/C18H20ClNO2/c1-3-17(22-16-11-9-15(19)10-12-16)18(21)20(2)13-14-7-5-4-6-8-14/h4-12,17H,3,13H2,1-2H3/t17-/m1/s1. The fourth-order valence-electron chi connectivity index (χ4n) is 2.17. The van der Waals surface area contributed by atoms with E-state index in [-0.39, 0.29) is 5.91 Å². The van der Waals surface area contributed by atoms with Gasteiger partial charge in [-0.15, -0.1) is 0 Å². The monoisotopic (exact) mass is 317 g/mol. The van der Waals surface area contributed by atoms with Gasteiger partial charge in [0, 0.05) is 18.6 Å². The lowest BCUT2D eigenvalue weighted by Gasteiger charge is -2.24. The average Bonchev–Trinajstić information content (AvgIpc) is 2.54. The highest BCUT2D eigenvalue weighted by molar-refractivity contribution is 6.30. The second kappa shape index (κ2) is 7.85. The van der Waals surface area contributed by atoms with Crippen LogP contribution in [0.25, 0.3) is 0 Å². The Morgan fingerprint density at radius 2 is 1.77 bits per heavy atom. The van der Waals surface area contributed by atoms with Gasteiger partial charge in [-0.3, -0.25) is 4.79 Å². The molecule has 2 aromatic carbocycles. The zero-order valence-corrected chi connectivity index (χ0v) is 13.6. The topological polar surface area (TPSA) is 29.5 Å². The maximum Gasteiger partial charge on any atom is 0.263 e. The van der Waals surface area contributed by atoms with Crippen LogP contribution in [0.5, 0.6) is 5.75 Å². The first-order valence-electron chi connectivity index (χ1n) is 7.31. The Bertz CT molecular complexity index is 598. The Kier molecular flexibility index (Phi) is 5.84. The third kappa shape index (κ3) is 4.50. The summed E-state index contributed by atoms with van der Waals surface area (Å²) in [6, 6.07) is 17.0. The van der Waals surface area contributed by atoms with Crippen molar-refractivity contribution in [3.63, 3.8) is 0 Å². The molecule has 0 N–H and O–H groups in total. The van der Waals surface area contributed by atoms with Gasteiger partial charge in [-0.1, -0.05) is 48.9 Å². The number of carbonyl (C=O) groups excluding carboxylic acids is 1. The number of hydrogen-bond donors (Lipinski definition) is 0. The highest BCUT2D eigenvalue weighted by atomic mass is 35.5. The van der Waals surface area contributed by atoms with Crippen molar-refractivity contribution in [3.05, 3.63) is 65.2 Å². The third-order valence-corrected chi connectivity index (χ3v) is 3.63. The van der Waals surface area contributed by atoms with Crippen molar-refractivity contribution in [3.8, 4) is 5.75 Å². The van der Waals surface area contributed by atoms with E-state index in [0.717, 1.165) is 5.56 Å². The van der Waals surface area contributed by atoms with E-state index in [4.69, 9.17) is 16.3 Å². The molecule has 0 fully saturated rings. The molecule has 0 saturated carbocycles. The van der Waals surface area contributed by atoms with Gasteiger partial charge in [-0.05, 0) is 36.2 Å². The van der Waals surface area contributed by atoms with Crippen molar-refractivity contribution in [2.75, 3.05) is 7.05 Å². The Hall–Kier alpha value is -2.00. The maximum atomic E-state index is 12.5. The van der Waals surface area contributed by atoms with Crippen LogP contribution < -0.4 is 4.74 Å². The lowest BCUT2D eigenvalue weighted by Crippen LogP contribution is -2.39. The summed E-state index contributed by atoms with van der Waals surface area (Å²) in [6.45, 7) is 2.51. The van der Waals surface area contributed by atoms with Crippen LogP contribution in [0.15, 0.2) is 54.6 Å². The number of rotatable bonds is 6. The summed E-state index contributed by atoms with van der Waals surface area (Å²) in [5.41, 5.74) is 1.10. The van der Waals surface area contributed by atoms with Crippen LogP contribution in [0.2, 0.25) is 5.02 Å². The van der Waals surface area contributed by atoms with Gasteiger partial charge in [0.05, 0.1) is 0 Å². The van der Waals surface area contributed by atoms with E-state index in [1.54, 1.807) is 36.2 Å². The molecule has 1 amide bonds. The van der Waals surface area contributed by atoms with E-state index in [1.165, 1.54) is 0 Å². The number of hydrogen-bond acceptors (Lipinski definition) is 2. The Morgan fingerprint density at radius 3 is 2.36 bits per heavy atom. The maximum absolute atomic E-state index is 12.5. The highest BCUT2D eigenvalue weighted by Crippen LogP contribution is 2.18. The summed E-state index contributed by atoms with van der Waals surface area (Å²) in [7, 11) is 1.79. The highest BCUT2D eigenvalue weighted by Gasteiger charge is 2.22. The summed E-state index contributed by atoms with van der Waals surface area (Å²) in [5.74, 6) is 0.624. The molecule has 0 aliphatic carbocycles. The molecule has 3 nitrogen and oxygen atoms in total. The first-order valence-corrected chi connectivity index (χ1v) is 7.69. The van der Waals surface area contributed by atoms with E-state index in [1.807, 2.05) is 37.3 Å². The van der Waals surface area contributed by atoms with E-state index in [9.17, 15) is 4.79 Å². The zero-order valence-electron chi connectivity index (χ0n) is 12.8. The molecule has 0 aliphatic rings.